The molecule has 2 aromatic carbocycles. The van der Waals surface area contributed by atoms with E-state index in [4.69, 9.17) is 9.47 Å². The van der Waals surface area contributed by atoms with E-state index in [1.165, 1.54) is 0 Å². The van der Waals surface area contributed by atoms with Gasteiger partial charge in [0.15, 0.2) is 5.72 Å². The number of nitrogens with zero attached hydrogens (tertiary/aromatic N) is 2. The van der Waals surface area contributed by atoms with E-state index in [1.807, 2.05) is 58.3 Å². The molecule has 6 nitrogen and oxygen atoms in total. The number of carbonyl (C=O) groups is 2. The van der Waals surface area contributed by atoms with Crippen LogP contribution in [0.5, 0.6) is 5.75 Å². The van der Waals surface area contributed by atoms with Crippen LogP contribution in [0.15, 0.2) is 48.5 Å². The molecular formula is C22H22N2O4. The van der Waals surface area contributed by atoms with Crippen molar-refractivity contribution in [3.63, 3.8) is 0 Å². The van der Waals surface area contributed by atoms with E-state index in [0.29, 0.717) is 38.1 Å². The molecule has 6 heteroatoms. The molecule has 2 aromatic rings. The fourth-order valence-electron chi connectivity index (χ4n) is 4.82. The molecule has 3 fully saturated rings. The second-order valence-corrected chi connectivity index (χ2v) is 7.52. The molecule has 3 aliphatic rings. The molecule has 1 spiro atoms. The fraction of sp³-hybridized carbons (Fsp3) is 0.364. The summed E-state index contributed by atoms with van der Waals surface area (Å²) in [6, 6.07) is 15.2. The van der Waals surface area contributed by atoms with Crippen LogP contribution in [0.2, 0.25) is 0 Å². The lowest BCUT2D eigenvalue weighted by molar-refractivity contribution is -0.136. The summed E-state index contributed by atoms with van der Waals surface area (Å²) in [6.07, 6.45) is 1.04. The Labute approximate surface area is 163 Å². The lowest BCUT2D eigenvalue weighted by atomic mass is 10.0. The summed E-state index contributed by atoms with van der Waals surface area (Å²) in [5.41, 5.74) is 2.04. The molecule has 2 atom stereocenters. The van der Waals surface area contributed by atoms with Crippen molar-refractivity contribution in [3.8, 4) is 16.9 Å². The lowest BCUT2D eigenvalue weighted by Crippen LogP contribution is -2.48. The maximum Gasteiger partial charge on any atom is 0.254 e. The second-order valence-electron chi connectivity index (χ2n) is 7.52. The van der Waals surface area contributed by atoms with E-state index in [1.54, 1.807) is 7.11 Å². The third-order valence-electron chi connectivity index (χ3n) is 6.19. The van der Waals surface area contributed by atoms with E-state index in [9.17, 15) is 9.59 Å². The lowest BCUT2D eigenvalue weighted by Gasteiger charge is -2.31. The number of hydrogen-bond acceptors (Lipinski definition) is 4. The zero-order valence-corrected chi connectivity index (χ0v) is 15.8. The number of amides is 2. The fourth-order valence-corrected chi connectivity index (χ4v) is 4.82. The number of ether oxygens (including phenoxy) is 2. The SMILES string of the molecule is COc1ccc(-c2cccc(C(=O)N3CC[C@@]45OCCN4C(=O)C[C@@H]35)c2)cc1. The molecule has 144 valence electrons. The minimum atomic E-state index is -0.597. The summed E-state index contributed by atoms with van der Waals surface area (Å²) < 4.78 is 11.2. The molecule has 3 saturated heterocycles. The van der Waals surface area contributed by atoms with Crippen molar-refractivity contribution < 1.29 is 19.1 Å². The molecule has 0 bridgehead atoms. The number of likely N-dealkylation sites (tertiary alicyclic amines) is 1. The van der Waals surface area contributed by atoms with Gasteiger partial charge in [-0.15, -0.1) is 0 Å². The van der Waals surface area contributed by atoms with Gasteiger partial charge in [0.2, 0.25) is 5.91 Å². The van der Waals surface area contributed by atoms with Gasteiger partial charge in [-0.25, -0.2) is 0 Å². The monoisotopic (exact) mass is 378 g/mol. The number of methoxy groups -OCH3 is 1. The van der Waals surface area contributed by atoms with Crippen molar-refractivity contribution in [2.45, 2.75) is 24.6 Å². The molecule has 0 aliphatic carbocycles. The van der Waals surface area contributed by atoms with Gasteiger partial charge < -0.3 is 19.3 Å². The van der Waals surface area contributed by atoms with Crippen LogP contribution in [-0.2, 0) is 9.53 Å². The average molecular weight is 378 g/mol. The van der Waals surface area contributed by atoms with Crippen molar-refractivity contribution in [2.24, 2.45) is 0 Å². The first kappa shape index (κ1) is 17.3. The molecule has 5 rings (SSSR count). The van der Waals surface area contributed by atoms with E-state index in [-0.39, 0.29) is 17.9 Å². The van der Waals surface area contributed by atoms with E-state index >= 15 is 0 Å². The second kappa shape index (κ2) is 6.34. The maximum atomic E-state index is 13.3. The van der Waals surface area contributed by atoms with E-state index < -0.39 is 5.72 Å². The third-order valence-corrected chi connectivity index (χ3v) is 6.19. The summed E-state index contributed by atoms with van der Waals surface area (Å²) in [4.78, 5) is 29.3. The van der Waals surface area contributed by atoms with Gasteiger partial charge in [0.25, 0.3) is 5.91 Å². The van der Waals surface area contributed by atoms with Crippen LogP contribution >= 0.6 is 0 Å². The summed E-state index contributed by atoms with van der Waals surface area (Å²) in [6.45, 7) is 1.79. The average Bonchev–Trinajstić information content (AvgIpc) is 3.38. The smallest absolute Gasteiger partial charge is 0.254 e. The van der Waals surface area contributed by atoms with Crippen LogP contribution in [0.4, 0.5) is 0 Å². The summed E-state index contributed by atoms with van der Waals surface area (Å²) >= 11 is 0. The minimum Gasteiger partial charge on any atom is -0.497 e. The predicted octanol–water partition coefficient (Wildman–Crippen LogP) is 2.54. The summed E-state index contributed by atoms with van der Waals surface area (Å²) in [7, 11) is 1.64. The van der Waals surface area contributed by atoms with Gasteiger partial charge in [-0.05, 0) is 35.4 Å². The van der Waals surface area contributed by atoms with Crippen LogP contribution in [-0.4, -0.2) is 60.2 Å². The van der Waals surface area contributed by atoms with Gasteiger partial charge in [-0.3, -0.25) is 9.59 Å². The highest BCUT2D eigenvalue weighted by molar-refractivity contribution is 5.97. The highest BCUT2D eigenvalue weighted by Gasteiger charge is 2.62. The van der Waals surface area contributed by atoms with Crippen LogP contribution in [0, 0.1) is 0 Å². The zero-order chi connectivity index (χ0) is 19.3. The van der Waals surface area contributed by atoms with Crippen molar-refractivity contribution in [1.29, 1.82) is 0 Å². The third kappa shape index (κ3) is 2.44. The van der Waals surface area contributed by atoms with Gasteiger partial charge >= 0.3 is 0 Å². The first-order chi connectivity index (χ1) is 13.6. The normalized spacial score (nSPS) is 25.8. The first-order valence-corrected chi connectivity index (χ1v) is 9.62. The van der Waals surface area contributed by atoms with Gasteiger partial charge in [0.05, 0.1) is 26.2 Å². The van der Waals surface area contributed by atoms with Crippen molar-refractivity contribution in [1.82, 2.24) is 9.80 Å². The standard InChI is InChI=1S/C22H22N2O4/c1-27-18-7-5-15(6-8-18)16-3-2-4-17(13-16)21(26)23-10-9-22-19(23)14-20(25)24(22)11-12-28-22/h2-8,13,19H,9-12,14H2,1H3/t19-,22+/m1/s1. The Morgan fingerprint density at radius 1 is 1.14 bits per heavy atom. The molecule has 3 aliphatic heterocycles. The Kier molecular flexibility index (Phi) is 3.91. The highest BCUT2D eigenvalue weighted by Crippen LogP contribution is 2.46. The Morgan fingerprint density at radius 2 is 1.96 bits per heavy atom. The molecule has 0 saturated carbocycles. The van der Waals surface area contributed by atoms with Crippen LogP contribution < -0.4 is 4.74 Å². The van der Waals surface area contributed by atoms with Crippen LogP contribution in [0.3, 0.4) is 0 Å². The molecule has 28 heavy (non-hydrogen) atoms. The Morgan fingerprint density at radius 3 is 2.75 bits per heavy atom. The first-order valence-electron chi connectivity index (χ1n) is 9.62. The molecular weight excluding hydrogens is 356 g/mol. The van der Waals surface area contributed by atoms with Crippen molar-refractivity contribution >= 4 is 11.8 Å². The van der Waals surface area contributed by atoms with E-state index in [0.717, 1.165) is 16.9 Å². The van der Waals surface area contributed by atoms with Gasteiger partial charge in [0.1, 0.15) is 5.75 Å². The quantitative estimate of drug-likeness (QED) is 0.824. The van der Waals surface area contributed by atoms with Crippen LogP contribution in [0.25, 0.3) is 11.1 Å². The number of carbonyl (C=O) groups excluding carboxylic acids is 2. The zero-order valence-electron chi connectivity index (χ0n) is 15.8. The van der Waals surface area contributed by atoms with Gasteiger partial charge in [-0.1, -0.05) is 24.3 Å². The number of hydrogen-bond donors (Lipinski definition) is 0. The molecule has 3 heterocycles. The van der Waals surface area contributed by atoms with Crippen LogP contribution in [0.1, 0.15) is 23.2 Å². The number of rotatable bonds is 3. The molecule has 0 aromatic heterocycles. The summed E-state index contributed by atoms with van der Waals surface area (Å²) in [5.74, 6) is 0.847. The predicted molar refractivity (Wildman–Crippen MR) is 103 cm³/mol. The maximum absolute atomic E-state index is 13.3. The summed E-state index contributed by atoms with van der Waals surface area (Å²) in [5, 5.41) is 0. The Hall–Kier alpha value is -2.86. The minimum absolute atomic E-state index is 0.0395. The Bertz CT molecular complexity index is 942. The Balaban J connectivity index is 1.42. The topological polar surface area (TPSA) is 59.1 Å². The highest BCUT2D eigenvalue weighted by atomic mass is 16.5. The van der Waals surface area contributed by atoms with Crippen molar-refractivity contribution in [3.05, 3.63) is 54.1 Å². The van der Waals surface area contributed by atoms with Gasteiger partial charge in [0, 0.05) is 25.1 Å². The number of benzene rings is 2. The molecule has 2 amide bonds. The molecule has 0 unspecified atom stereocenters. The largest absolute Gasteiger partial charge is 0.497 e. The molecule has 0 radical (unpaired) electrons. The van der Waals surface area contributed by atoms with E-state index in [2.05, 4.69) is 0 Å². The molecule has 0 N–H and O–H groups in total. The van der Waals surface area contributed by atoms with Crippen molar-refractivity contribution in [2.75, 3.05) is 26.8 Å². The van der Waals surface area contributed by atoms with Gasteiger partial charge in [-0.2, -0.15) is 0 Å².